The quantitative estimate of drug-likeness (QED) is 0.565. The highest BCUT2D eigenvalue weighted by Crippen LogP contribution is 2.07. The van der Waals surface area contributed by atoms with Crippen molar-refractivity contribution in [3.63, 3.8) is 0 Å². The van der Waals surface area contributed by atoms with Crippen LogP contribution in [0.1, 0.15) is 12.5 Å². The molecule has 1 rings (SSSR count). The fourth-order valence-electron chi connectivity index (χ4n) is 0.589. The van der Waals surface area contributed by atoms with E-state index < -0.39 is 0 Å². The van der Waals surface area contributed by atoms with Crippen molar-refractivity contribution in [2.45, 2.75) is 6.92 Å². The van der Waals surface area contributed by atoms with Crippen molar-refractivity contribution >= 4 is 5.57 Å². The lowest BCUT2D eigenvalue weighted by atomic mass is 10.2. The highest BCUT2D eigenvalue weighted by atomic mass is 14.6. The first-order valence-corrected chi connectivity index (χ1v) is 2.59. The first-order valence-electron chi connectivity index (χ1n) is 2.59. The predicted molar refractivity (Wildman–Crippen MR) is 35.5 cm³/mol. The number of H-pyrrole nitrogens is 1. The zero-order chi connectivity index (χ0) is 5.98. The Hall–Kier alpha value is -0.980. The molecule has 0 atom stereocenters. The zero-order valence-electron chi connectivity index (χ0n) is 4.94. The maximum atomic E-state index is 3.78. The van der Waals surface area contributed by atoms with Gasteiger partial charge in [-0.25, -0.2) is 0 Å². The van der Waals surface area contributed by atoms with Gasteiger partial charge in [-0.1, -0.05) is 6.58 Å². The molecule has 0 saturated heterocycles. The van der Waals surface area contributed by atoms with E-state index in [0.29, 0.717) is 0 Å². The molecular formula is C7H9N. The van der Waals surface area contributed by atoms with Crippen molar-refractivity contribution in [1.29, 1.82) is 0 Å². The van der Waals surface area contributed by atoms with E-state index in [2.05, 4.69) is 11.6 Å². The third-order valence-corrected chi connectivity index (χ3v) is 1.09. The summed E-state index contributed by atoms with van der Waals surface area (Å²) in [4.78, 5) is 2.95. The number of rotatable bonds is 1. The first-order chi connectivity index (χ1) is 3.80. The number of hydrogen-bond acceptors (Lipinski definition) is 0. The lowest BCUT2D eigenvalue weighted by Crippen LogP contribution is -1.66. The average molecular weight is 107 g/mol. The van der Waals surface area contributed by atoms with Gasteiger partial charge < -0.3 is 4.98 Å². The summed E-state index contributed by atoms with van der Waals surface area (Å²) in [6.07, 6.45) is 3.83. The van der Waals surface area contributed by atoms with Crippen molar-refractivity contribution in [2.24, 2.45) is 0 Å². The van der Waals surface area contributed by atoms with Crippen LogP contribution in [-0.4, -0.2) is 4.98 Å². The fraction of sp³-hybridized carbons (Fsp3) is 0.143. The third-order valence-electron chi connectivity index (χ3n) is 1.09. The molecule has 1 aromatic heterocycles. The maximum Gasteiger partial charge on any atom is 0.00805 e. The molecule has 0 saturated carbocycles. The molecular weight excluding hydrogens is 98.1 g/mol. The van der Waals surface area contributed by atoms with E-state index >= 15 is 0 Å². The van der Waals surface area contributed by atoms with Crippen LogP contribution in [0.15, 0.2) is 25.0 Å². The summed E-state index contributed by atoms with van der Waals surface area (Å²) in [5.41, 5.74) is 2.29. The number of aromatic amines is 1. The van der Waals surface area contributed by atoms with Crippen LogP contribution in [0, 0.1) is 0 Å². The van der Waals surface area contributed by atoms with Crippen LogP contribution in [0.25, 0.3) is 5.57 Å². The number of nitrogens with one attached hydrogen (secondary N) is 1. The molecule has 8 heavy (non-hydrogen) atoms. The Labute approximate surface area is 49.0 Å². The molecule has 0 aliphatic carbocycles. The van der Waals surface area contributed by atoms with Gasteiger partial charge in [0.2, 0.25) is 0 Å². The minimum atomic E-state index is 1.10. The molecule has 0 aliphatic rings. The van der Waals surface area contributed by atoms with E-state index in [1.54, 1.807) is 0 Å². The topological polar surface area (TPSA) is 15.8 Å². The highest BCUT2D eigenvalue weighted by molar-refractivity contribution is 5.60. The Morgan fingerprint density at radius 2 is 2.50 bits per heavy atom. The molecule has 0 amide bonds. The SMILES string of the molecule is C=C(C)c1cc[nH]c1. The van der Waals surface area contributed by atoms with E-state index in [0.717, 1.165) is 5.57 Å². The number of hydrogen-bond donors (Lipinski definition) is 1. The second kappa shape index (κ2) is 1.86. The standard InChI is InChI=1S/C7H9N/c1-6(2)7-3-4-8-5-7/h3-5,8H,1H2,2H3. The molecule has 0 spiro atoms. The van der Waals surface area contributed by atoms with Gasteiger partial charge in [0.1, 0.15) is 0 Å². The van der Waals surface area contributed by atoms with Crippen LogP contribution in [0.4, 0.5) is 0 Å². The monoisotopic (exact) mass is 107 g/mol. The van der Waals surface area contributed by atoms with E-state index in [9.17, 15) is 0 Å². The third kappa shape index (κ3) is 0.808. The summed E-state index contributed by atoms with van der Waals surface area (Å²) in [7, 11) is 0. The van der Waals surface area contributed by atoms with Gasteiger partial charge in [-0.2, -0.15) is 0 Å². The van der Waals surface area contributed by atoms with Crippen LogP contribution in [0.3, 0.4) is 0 Å². The van der Waals surface area contributed by atoms with Crippen molar-refractivity contribution < 1.29 is 0 Å². The molecule has 0 aromatic carbocycles. The summed E-state index contributed by atoms with van der Waals surface area (Å²) in [5, 5.41) is 0. The molecule has 0 bridgehead atoms. The van der Waals surface area contributed by atoms with Gasteiger partial charge in [0.15, 0.2) is 0 Å². The van der Waals surface area contributed by atoms with Crippen molar-refractivity contribution in [2.75, 3.05) is 0 Å². The Bertz CT molecular complexity index is 172. The van der Waals surface area contributed by atoms with Gasteiger partial charge in [-0.15, -0.1) is 0 Å². The molecule has 1 N–H and O–H groups in total. The van der Waals surface area contributed by atoms with Crippen LogP contribution < -0.4 is 0 Å². The Balaban J connectivity index is 2.93. The minimum absolute atomic E-state index is 1.10. The molecule has 1 heteroatoms. The van der Waals surface area contributed by atoms with Crippen LogP contribution in [0.5, 0.6) is 0 Å². The summed E-state index contributed by atoms with van der Waals surface area (Å²) in [6, 6.07) is 2.00. The second-order valence-corrected chi connectivity index (χ2v) is 1.88. The molecule has 0 aliphatic heterocycles. The fourth-order valence-corrected chi connectivity index (χ4v) is 0.589. The maximum absolute atomic E-state index is 3.78. The van der Waals surface area contributed by atoms with Gasteiger partial charge in [0.05, 0.1) is 0 Å². The summed E-state index contributed by atoms with van der Waals surface area (Å²) in [6.45, 7) is 5.77. The Morgan fingerprint density at radius 1 is 1.75 bits per heavy atom. The molecule has 1 heterocycles. The Morgan fingerprint density at radius 3 is 2.75 bits per heavy atom. The normalized spacial score (nSPS) is 9.12. The molecule has 1 nitrogen and oxygen atoms in total. The minimum Gasteiger partial charge on any atom is -0.367 e. The lowest BCUT2D eigenvalue weighted by Gasteiger charge is -1.86. The summed E-state index contributed by atoms with van der Waals surface area (Å²) >= 11 is 0. The number of allylic oxidation sites excluding steroid dienone is 1. The average Bonchev–Trinajstić information content (AvgIpc) is 2.12. The molecule has 42 valence electrons. The van der Waals surface area contributed by atoms with Gasteiger partial charge in [0, 0.05) is 12.4 Å². The van der Waals surface area contributed by atoms with E-state index in [1.165, 1.54) is 5.56 Å². The van der Waals surface area contributed by atoms with Gasteiger partial charge in [-0.3, -0.25) is 0 Å². The van der Waals surface area contributed by atoms with Gasteiger partial charge in [-0.05, 0) is 24.1 Å². The molecule has 0 fully saturated rings. The van der Waals surface area contributed by atoms with Gasteiger partial charge in [0.25, 0.3) is 0 Å². The summed E-state index contributed by atoms with van der Waals surface area (Å²) in [5.74, 6) is 0. The highest BCUT2D eigenvalue weighted by Gasteiger charge is 1.87. The van der Waals surface area contributed by atoms with Crippen LogP contribution in [0.2, 0.25) is 0 Å². The smallest absolute Gasteiger partial charge is 0.00805 e. The van der Waals surface area contributed by atoms with Crippen molar-refractivity contribution in [3.05, 3.63) is 30.6 Å². The van der Waals surface area contributed by atoms with Crippen molar-refractivity contribution in [1.82, 2.24) is 4.98 Å². The van der Waals surface area contributed by atoms with Crippen LogP contribution >= 0.6 is 0 Å². The summed E-state index contributed by atoms with van der Waals surface area (Å²) < 4.78 is 0. The zero-order valence-corrected chi connectivity index (χ0v) is 4.94. The van der Waals surface area contributed by atoms with E-state index in [-0.39, 0.29) is 0 Å². The molecule has 1 aromatic rings. The van der Waals surface area contributed by atoms with Crippen LogP contribution in [-0.2, 0) is 0 Å². The van der Waals surface area contributed by atoms with Crippen molar-refractivity contribution in [3.8, 4) is 0 Å². The Kier molecular flexibility index (Phi) is 1.20. The number of aromatic nitrogens is 1. The lowest BCUT2D eigenvalue weighted by molar-refractivity contribution is 1.41. The van der Waals surface area contributed by atoms with Gasteiger partial charge >= 0.3 is 0 Å². The van der Waals surface area contributed by atoms with E-state index in [4.69, 9.17) is 0 Å². The first kappa shape index (κ1) is 5.16. The molecule has 0 unspecified atom stereocenters. The second-order valence-electron chi connectivity index (χ2n) is 1.88. The predicted octanol–water partition coefficient (Wildman–Crippen LogP) is 2.05. The van der Waals surface area contributed by atoms with E-state index in [1.807, 2.05) is 25.4 Å². The molecule has 0 radical (unpaired) electrons. The largest absolute Gasteiger partial charge is 0.367 e.